The van der Waals surface area contributed by atoms with Gasteiger partial charge in [-0.15, -0.1) is 0 Å². The third kappa shape index (κ3) is 1.58. The van der Waals surface area contributed by atoms with Crippen LogP contribution in [0, 0.1) is 0 Å². The van der Waals surface area contributed by atoms with Crippen molar-refractivity contribution in [2.75, 3.05) is 6.54 Å². The van der Waals surface area contributed by atoms with E-state index in [0.29, 0.717) is 0 Å². The maximum Gasteiger partial charge on any atom is 0.0900 e. The van der Waals surface area contributed by atoms with Crippen molar-refractivity contribution in [3.05, 3.63) is 42.1 Å². The Bertz CT molecular complexity index is 534. The van der Waals surface area contributed by atoms with E-state index in [-0.39, 0.29) is 0 Å². The zero-order chi connectivity index (χ0) is 10.8. The highest BCUT2D eigenvalue weighted by molar-refractivity contribution is 5.84. The highest BCUT2D eigenvalue weighted by atomic mass is 14.8. The van der Waals surface area contributed by atoms with Gasteiger partial charge in [0.25, 0.3) is 0 Å². The van der Waals surface area contributed by atoms with Crippen molar-refractivity contribution in [1.29, 1.82) is 0 Å². The maximum absolute atomic E-state index is 4.44. The fourth-order valence-corrected chi connectivity index (χ4v) is 1.75. The molecule has 16 heavy (non-hydrogen) atoms. The maximum atomic E-state index is 4.44. The summed E-state index contributed by atoms with van der Waals surface area (Å²) >= 11 is 0. The van der Waals surface area contributed by atoms with Gasteiger partial charge in [0.1, 0.15) is 0 Å². The van der Waals surface area contributed by atoms with Crippen LogP contribution in [0.25, 0.3) is 11.3 Å². The SMILES string of the molecule is C1=NCCc2ncc(-c3cnccn3)cc21. The van der Waals surface area contributed by atoms with Crippen LogP contribution in [0.3, 0.4) is 0 Å². The van der Waals surface area contributed by atoms with Crippen molar-refractivity contribution in [2.24, 2.45) is 4.99 Å². The quantitative estimate of drug-likeness (QED) is 0.717. The van der Waals surface area contributed by atoms with Crippen LogP contribution < -0.4 is 0 Å². The predicted molar refractivity (Wildman–Crippen MR) is 61.4 cm³/mol. The lowest BCUT2D eigenvalue weighted by Gasteiger charge is -2.09. The Hall–Kier alpha value is -2.10. The van der Waals surface area contributed by atoms with Gasteiger partial charge < -0.3 is 0 Å². The minimum Gasteiger partial charge on any atom is -0.292 e. The molecule has 0 aliphatic carbocycles. The molecule has 0 atom stereocenters. The van der Waals surface area contributed by atoms with Crippen molar-refractivity contribution in [3.8, 4) is 11.3 Å². The fourth-order valence-electron chi connectivity index (χ4n) is 1.75. The predicted octanol–water partition coefficient (Wildman–Crippen LogP) is 1.51. The van der Waals surface area contributed by atoms with Crippen LogP contribution in [0.1, 0.15) is 11.3 Å². The Kier molecular flexibility index (Phi) is 2.18. The van der Waals surface area contributed by atoms with Crippen LogP contribution in [0.5, 0.6) is 0 Å². The monoisotopic (exact) mass is 210 g/mol. The summed E-state index contributed by atoms with van der Waals surface area (Å²) in [7, 11) is 0. The third-order valence-corrected chi connectivity index (χ3v) is 2.57. The molecule has 4 nitrogen and oxygen atoms in total. The van der Waals surface area contributed by atoms with E-state index < -0.39 is 0 Å². The first-order valence-electron chi connectivity index (χ1n) is 5.18. The molecule has 0 bridgehead atoms. The second-order valence-electron chi connectivity index (χ2n) is 3.64. The number of rotatable bonds is 1. The first-order chi connectivity index (χ1) is 7.93. The van der Waals surface area contributed by atoms with Crippen molar-refractivity contribution >= 4 is 6.21 Å². The van der Waals surface area contributed by atoms with E-state index in [0.717, 1.165) is 35.5 Å². The molecule has 0 saturated heterocycles. The molecule has 0 spiro atoms. The van der Waals surface area contributed by atoms with Gasteiger partial charge in [0.15, 0.2) is 0 Å². The summed E-state index contributed by atoms with van der Waals surface area (Å²) in [5.74, 6) is 0. The fraction of sp³-hybridized carbons (Fsp3) is 0.167. The van der Waals surface area contributed by atoms with E-state index in [2.05, 4.69) is 26.0 Å². The summed E-state index contributed by atoms with van der Waals surface area (Å²) in [5, 5.41) is 0. The number of nitrogens with zero attached hydrogens (tertiary/aromatic N) is 4. The van der Waals surface area contributed by atoms with Crippen LogP contribution in [-0.4, -0.2) is 27.7 Å². The summed E-state index contributed by atoms with van der Waals surface area (Å²) in [6.07, 6.45) is 9.74. The standard InChI is InChI=1S/C12H10N4/c1-2-13-6-9-5-10(7-16-11(1)9)12-8-14-3-4-15-12/h3-8H,1-2H2. The van der Waals surface area contributed by atoms with Gasteiger partial charge in [-0.2, -0.15) is 0 Å². The number of hydrogen-bond acceptors (Lipinski definition) is 4. The van der Waals surface area contributed by atoms with E-state index >= 15 is 0 Å². The Morgan fingerprint density at radius 1 is 1.06 bits per heavy atom. The molecule has 0 unspecified atom stereocenters. The van der Waals surface area contributed by atoms with Crippen molar-refractivity contribution in [2.45, 2.75) is 6.42 Å². The van der Waals surface area contributed by atoms with Gasteiger partial charge in [0, 0.05) is 48.9 Å². The summed E-state index contributed by atoms with van der Waals surface area (Å²) < 4.78 is 0. The molecule has 4 heteroatoms. The molecule has 2 aromatic rings. The van der Waals surface area contributed by atoms with Crippen LogP contribution in [0.4, 0.5) is 0 Å². The van der Waals surface area contributed by atoms with Gasteiger partial charge >= 0.3 is 0 Å². The molecular weight excluding hydrogens is 200 g/mol. The molecule has 0 amide bonds. The van der Waals surface area contributed by atoms with Crippen LogP contribution in [0.2, 0.25) is 0 Å². The molecule has 78 valence electrons. The first-order valence-corrected chi connectivity index (χ1v) is 5.18. The van der Waals surface area contributed by atoms with Gasteiger partial charge in [-0.3, -0.25) is 19.9 Å². The summed E-state index contributed by atoms with van der Waals surface area (Å²) in [6.45, 7) is 0.838. The lowest BCUT2D eigenvalue weighted by atomic mass is 10.1. The van der Waals surface area contributed by atoms with E-state index in [1.165, 1.54) is 0 Å². The number of hydrogen-bond donors (Lipinski definition) is 0. The highest BCUT2D eigenvalue weighted by Crippen LogP contribution is 2.18. The number of aromatic nitrogens is 3. The van der Waals surface area contributed by atoms with E-state index in [1.54, 1.807) is 18.6 Å². The van der Waals surface area contributed by atoms with Crippen molar-refractivity contribution in [1.82, 2.24) is 15.0 Å². The molecule has 1 aliphatic rings. The number of pyridine rings is 1. The molecule has 0 fully saturated rings. The smallest absolute Gasteiger partial charge is 0.0900 e. The van der Waals surface area contributed by atoms with Crippen LogP contribution in [-0.2, 0) is 6.42 Å². The Morgan fingerprint density at radius 3 is 2.94 bits per heavy atom. The highest BCUT2D eigenvalue weighted by Gasteiger charge is 2.08. The number of aliphatic imine (C=N–C) groups is 1. The molecule has 3 heterocycles. The van der Waals surface area contributed by atoms with Gasteiger partial charge in [0.2, 0.25) is 0 Å². The Balaban J connectivity index is 2.08. The summed E-state index contributed by atoms with van der Waals surface area (Å²) in [4.78, 5) is 17.0. The molecule has 0 saturated carbocycles. The normalized spacial score (nSPS) is 13.5. The van der Waals surface area contributed by atoms with Gasteiger partial charge in [0.05, 0.1) is 17.6 Å². The van der Waals surface area contributed by atoms with Crippen molar-refractivity contribution in [3.63, 3.8) is 0 Å². The van der Waals surface area contributed by atoms with Crippen LogP contribution in [0.15, 0.2) is 35.8 Å². The van der Waals surface area contributed by atoms with Crippen LogP contribution >= 0.6 is 0 Å². The molecule has 3 rings (SSSR count). The first kappa shape index (κ1) is 9.15. The number of fused-ring (bicyclic) bond motifs is 1. The lowest BCUT2D eigenvalue weighted by Crippen LogP contribution is -2.05. The summed E-state index contributed by atoms with van der Waals surface area (Å²) in [5.41, 5.74) is 4.04. The minimum atomic E-state index is 0.838. The average Bonchev–Trinajstić information content (AvgIpc) is 2.39. The molecular formula is C12H10N4. The van der Waals surface area contributed by atoms with Gasteiger partial charge in [-0.25, -0.2) is 0 Å². The largest absolute Gasteiger partial charge is 0.292 e. The summed E-state index contributed by atoms with van der Waals surface area (Å²) in [6, 6.07) is 2.06. The molecule has 0 radical (unpaired) electrons. The lowest BCUT2D eigenvalue weighted by molar-refractivity contribution is 0.906. The van der Waals surface area contributed by atoms with E-state index in [4.69, 9.17) is 0 Å². The zero-order valence-corrected chi connectivity index (χ0v) is 8.67. The molecule has 1 aliphatic heterocycles. The van der Waals surface area contributed by atoms with Gasteiger partial charge in [-0.1, -0.05) is 0 Å². The zero-order valence-electron chi connectivity index (χ0n) is 8.67. The van der Waals surface area contributed by atoms with Crippen molar-refractivity contribution < 1.29 is 0 Å². The second kappa shape index (κ2) is 3.81. The molecule has 2 aromatic heterocycles. The van der Waals surface area contributed by atoms with Gasteiger partial charge in [-0.05, 0) is 6.07 Å². The second-order valence-corrected chi connectivity index (χ2v) is 3.64. The third-order valence-electron chi connectivity index (χ3n) is 2.57. The van der Waals surface area contributed by atoms with E-state index in [9.17, 15) is 0 Å². The van der Waals surface area contributed by atoms with E-state index in [1.807, 2.05) is 12.4 Å². The molecule has 0 N–H and O–H groups in total. The molecule has 0 aromatic carbocycles. The average molecular weight is 210 g/mol. The minimum absolute atomic E-state index is 0.838. The Morgan fingerprint density at radius 2 is 2.06 bits per heavy atom. The topological polar surface area (TPSA) is 51.0 Å². The Labute approximate surface area is 93.1 Å².